The third kappa shape index (κ3) is 2.21. The number of rotatable bonds is 3. The van der Waals surface area contributed by atoms with Crippen molar-refractivity contribution in [2.75, 3.05) is 0 Å². The fourth-order valence-electron chi connectivity index (χ4n) is 3.24. The van der Waals surface area contributed by atoms with Crippen LogP contribution in [0.5, 0.6) is 0 Å². The van der Waals surface area contributed by atoms with Crippen molar-refractivity contribution in [2.24, 2.45) is 29.1 Å². The minimum Gasteiger partial charge on any atom is -0.462 e. The Hall–Kier alpha value is -1.55. The van der Waals surface area contributed by atoms with Gasteiger partial charge in [0, 0.05) is 5.92 Å². The molecule has 0 aromatic rings. The number of hydrogen-bond acceptors (Lipinski definition) is 4. The van der Waals surface area contributed by atoms with E-state index < -0.39 is 5.41 Å². The lowest BCUT2D eigenvalue weighted by atomic mass is 9.79. The quantitative estimate of drug-likeness (QED) is 0.731. The Morgan fingerprint density at radius 1 is 1.26 bits per heavy atom. The van der Waals surface area contributed by atoms with Crippen LogP contribution in [-0.2, 0) is 9.53 Å². The monoisotopic (exact) mass is 260 g/mol. The highest BCUT2D eigenvalue weighted by atomic mass is 16.5. The molecular formula is C15H20N2O2. The maximum absolute atomic E-state index is 12.1. The summed E-state index contributed by atoms with van der Waals surface area (Å²) in [4.78, 5) is 12.1. The molecule has 4 nitrogen and oxygen atoms in total. The average molecular weight is 260 g/mol. The van der Waals surface area contributed by atoms with Crippen LogP contribution in [0, 0.1) is 51.7 Å². The fraction of sp³-hybridized carbons (Fsp3) is 0.800. The van der Waals surface area contributed by atoms with E-state index in [1.165, 1.54) is 0 Å². The van der Waals surface area contributed by atoms with Crippen LogP contribution < -0.4 is 0 Å². The molecule has 0 amide bonds. The summed E-state index contributed by atoms with van der Waals surface area (Å²) in [6.07, 6.45) is 2.15. The zero-order valence-corrected chi connectivity index (χ0v) is 11.7. The van der Waals surface area contributed by atoms with E-state index in [-0.39, 0.29) is 35.7 Å². The number of nitriles is 2. The largest absolute Gasteiger partial charge is 0.462 e. The van der Waals surface area contributed by atoms with Crippen molar-refractivity contribution in [2.45, 2.75) is 46.1 Å². The molecule has 0 heterocycles. The van der Waals surface area contributed by atoms with Crippen molar-refractivity contribution in [3.05, 3.63) is 0 Å². The van der Waals surface area contributed by atoms with Crippen molar-refractivity contribution in [1.29, 1.82) is 10.5 Å². The summed E-state index contributed by atoms with van der Waals surface area (Å²) in [6.45, 7) is 5.72. The Balaban J connectivity index is 2.06. The highest BCUT2D eigenvalue weighted by Gasteiger charge is 2.55. The fourth-order valence-corrected chi connectivity index (χ4v) is 3.24. The first-order valence-corrected chi connectivity index (χ1v) is 6.95. The Morgan fingerprint density at radius 2 is 1.89 bits per heavy atom. The zero-order valence-electron chi connectivity index (χ0n) is 11.7. The van der Waals surface area contributed by atoms with E-state index in [9.17, 15) is 10.1 Å². The summed E-state index contributed by atoms with van der Waals surface area (Å²) >= 11 is 0. The molecule has 2 saturated carbocycles. The van der Waals surface area contributed by atoms with Crippen LogP contribution in [0.25, 0.3) is 0 Å². The second kappa shape index (κ2) is 4.85. The van der Waals surface area contributed by atoms with Crippen LogP contribution in [-0.4, -0.2) is 12.1 Å². The predicted octanol–water partition coefficient (Wildman–Crippen LogP) is 2.65. The molecule has 0 spiro atoms. The first kappa shape index (κ1) is 13.9. The lowest BCUT2D eigenvalue weighted by molar-refractivity contribution is -0.163. The molecule has 5 unspecified atom stereocenters. The lowest BCUT2D eigenvalue weighted by Crippen LogP contribution is -2.37. The topological polar surface area (TPSA) is 73.9 Å². The van der Waals surface area contributed by atoms with E-state index >= 15 is 0 Å². The second-order valence-corrected chi connectivity index (χ2v) is 6.39. The Labute approximate surface area is 114 Å². The number of esters is 1. The lowest BCUT2D eigenvalue weighted by Gasteiger charge is -2.31. The van der Waals surface area contributed by atoms with Gasteiger partial charge >= 0.3 is 5.97 Å². The van der Waals surface area contributed by atoms with Gasteiger partial charge in [0.25, 0.3) is 0 Å². The van der Waals surface area contributed by atoms with Gasteiger partial charge in [-0.25, -0.2) is 0 Å². The van der Waals surface area contributed by atoms with Gasteiger partial charge in [0.15, 0.2) is 0 Å². The molecule has 19 heavy (non-hydrogen) atoms. The molecule has 0 radical (unpaired) electrons. The first-order chi connectivity index (χ1) is 8.94. The van der Waals surface area contributed by atoms with Crippen LogP contribution in [0.1, 0.15) is 40.0 Å². The molecule has 0 N–H and O–H groups in total. The van der Waals surface area contributed by atoms with Crippen LogP contribution >= 0.6 is 0 Å². The minimum absolute atomic E-state index is 0.0521. The van der Waals surface area contributed by atoms with Crippen molar-refractivity contribution in [3.63, 3.8) is 0 Å². The van der Waals surface area contributed by atoms with Gasteiger partial charge in [-0.15, -0.1) is 0 Å². The van der Waals surface area contributed by atoms with Crippen LogP contribution in [0.15, 0.2) is 0 Å². The standard InChI is InChI=1S/C15H20N2O2/c1-4-15(2,3)14(18)19-13-6-9-5-10(13)12(8-17)11(9)7-16/h9-13H,4-6H2,1-3H3. The molecule has 0 aliphatic heterocycles. The molecule has 5 atom stereocenters. The number of carbonyl (C=O) groups excluding carboxylic acids is 1. The van der Waals surface area contributed by atoms with E-state index in [0.717, 1.165) is 19.3 Å². The summed E-state index contributed by atoms with van der Waals surface area (Å²) in [5.74, 6) is -0.355. The molecule has 4 heteroatoms. The normalized spacial score (nSPS) is 36.6. The van der Waals surface area contributed by atoms with E-state index in [1.54, 1.807) is 0 Å². The summed E-state index contributed by atoms with van der Waals surface area (Å²) in [5.41, 5.74) is -0.474. The molecule has 2 aliphatic rings. The molecule has 0 saturated heterocycles. The molecule has 0 aromatic heterocycles. The van der Waals surface area contributed by atoms with Gasteiger partial charge in [-0.05, 0) is 39.0 Å². The minimum atomic E-state index is -0.474. The molecule has 102 valence electrons. The van der Waals surface area contributed by atoms with Crippen molar-refractivity contribution in [3.8, 4) is 12.1 Å². The predicted molar refractivity (Wildman–Crippen MR) is 68.4 cm³/mol. The van der Waals surface area contributed by atoms with E-state index in [0.29, 0.717) is 0 Å². The first-order valence-electron chi connectivity index (χ1n) is 6.95. The molecule has 2 rings (SSSR count). The Morgan fingerprint density at radius 3 is 2.42 bits per heavy atom. The highest BCUT2D eigenvalue weighted by Crippen LogP contribution is 2.53. The summed E-state index contributed by atoms with van der Waals surface area (Å²) in [7, 11) is 0. The van der Waals surface area contributed by atoms with Gasteiger partial charge in [0.2, 0.25) is 0 Å². The van der Waals surface area contributed by atoms with Crippen LogP contribution in [0.3, 0.4) is 0 Å². The summed E-state index contributed by atoms with van der Waals surface area (Å²) in [5, 5.41) is 18.3. The SMILES string of the molecule is CCC(C)(C)C(=O)OC1CC2CC1C(C#N)C2C#N. The number of carbonyl (C=O) groups is 1. The van der Waals surface area contributed by atoms with Crippen molar-refractivity contribution < 1.29 is 9.53 Å². The van der Waals surface area contributed by atoms with Crippen molar-refractivity contribution >= 4 is 5.97 Å². The molecule has 2 fully saturated rings. The highest BCUT2D eigenvalue weighted by molar-refractivity contribution is 5.76. The molecular weight excluding hydrogens is 240 g/mol. The number of ether oxygens (including phenoxy) is 1. The number of nitrogens with zero attached hydrogens (tertiary/aromatic N) is 2. The van der Waals surface area contributed by atoms with Gasteiger partial charge in [-0.2, -0.15) is 10.5 Å². The van der Waals surface area contributed by atoms with Crippen LogP contribution in [0.4, 0.5) is 0 Å². The summed E-state index contributed by atoms with van der Waals surface area (Å²) < 4.78 is 5.63. The third-order valence-corrected chi connectivity index (χ3v) is 4.94. The van der Waals surface area contributed by atoms with Gasteiger partial charge < -0.3 is 4.74 Å². The van der Waals surface area contributed by atoms with Gasteiger partial charge in [0.05, 0.1) is 29.4 Å². The maximum atomic E-state index is 12.1. The van der Waals surface area contributed by atoms with Crippen molar-refractivity contribution in [1.82, 2.24) is 0 Å². The third-order valence-electron chi connectivity index (χ3n) is 4.94. The second-order valence-electron chi connectivity index (χ2n) is 6.39. The van der Waals surface area contributed by atoms with Gasteiger partial charge in [-0.3, -0.25) is 4.79 Å². The smallest absolute Gasteiger partial charge is 0.311 e. The van der Waals surface area contributed by atoms with Crippen LogP contribution in [0.2, 0.25) is 0 Å². The Kier molecular flexibility index (Phi) is 3.54. The number of hydrogen-bond donors (Lipinski definition) is 0. The number of fused-ring (bicyclic) bond motifs is 2. The van der Waals surface area contributed by atoms with E-state index in [1.807, 2.05) is 20.8 Å². The Bertz CT molecular complexity index is 458. The molecule has 2 aliphatic carbocycles. The molecule has 0 aromatic carbocycles. The molecule has 2 bridgehead atoms. The van der Waals surface area contributed by atoms with E-state index in [2.05, 4.69) is 12.1 Å². The van der Waals surface area contributed by atoms with Gasteiger partial charge in [-0.1, -0.05) is 6.92 Å². The summed E-state index contributed by atoms with van der Waals surface area (Å²) in [6, 6.07) is 4.49. The maximum Gasteiger partial charge on any atom is 0.311 e. The average Bonchev–Trinajstić information content (AvgIpc) is 2.94. The van der Waals surface area contributed by atoms with Gasteiger partial charge in [0.1, 0.15) is 6.10 Å². The zero-order chi connectivity index (χ0) is 14.2. The van der Waals surface area contributed by atoms with E-state index in [4.69, 9.17) is 10.00 Å².